The molecule has 0 unspecified atom stereocenters. The molecule has 8 nitrogen and oxygen atoms in total. The molecule has 0 bridgehead atoms. The van der Waals surface area contributed by atoms with Crippen molar-refractivity contribution in [1.82, 2.24) is 0 Å². The standard InChI is InChI=1S/C19H11N5O3/c20-9-13-7-17(18(24(26)27)8-14(13)10-21)23-22-11-16-15-4-2-1-3-12(15)5-6-19(16)25/h1-8,11,23,25H. The second kappa shape index (κ2) is 7.21. The molecule has 0 aromatic heterocycles. The highest BCUT2D eigenvalue weighted by atomic mass is 16.6. The number of fused-ring (bicyclic) bond motifs is 1. The number of anilines is 1. The molecule has 3 aromatic carbocycles. The van der Waals surface area contributed by atoms with Crippen LogP contribution in [0.25, 0.3) is 10.8 Å². The van der Waals surface area contributed by atoms with Crippen LogP contribution < -0.4 is 5.43 Å². The van der Waals surface area contributed by atoms with E-state index < -0.39 is 4.92 Å². The molecule has 8 heteroatoms. The van der Waals surface area contributed by atoms with E-state index in [0.29, 0.717) is 5.56 Å². The molecule has 0 heterocycles. The average molecular weight is 357 g/mol. The molecule has 3 rings (SSSR count). The minimum atomic E-state index is -0.671. The van der Waals surface area contributed by atoms with Gasteiger partial charge in [-0.15, -0.1) is 0 Å². The summed E-state index contributed by atoms with van der Waals surface area (Å²) in [7, 11) is 0. The van der Waals surface area contributed by atoms with Crippen LogP contribution in [0.5, 0.6) is 5.75 Å². The zero-order valence-corrected chi connectivity index (χ0v) is 13.7. The van der Waals surface area contributed by atoms with Crippen molar-refractivity contribution in [2.45, 2.75) is 0 Å². The third-order valence-electron chi connectivity index (χ3n) is 3.90. The van der Waals surface area contributed by atoms with E-state index in [1.54, 1.807) is 12.1 Å². The normalized spacial score (nSPS) is 10.4. The summed E-state index contributed by atoms with van der Waals surface area (Å²) in [5, 5.41) is 45.0. The lowest BCUT2D eigenvalue weighted by atomic mass is 10.0. The van der Waals surface area contributed by atoms with Gasteiger partial charge in [0.25, 0.3) is 5.69 Å². The molecule has 0 aliphatic rings. The number of phenols is 1. The predicted molar refractivity (Wildman–Crippen MR) is 99.4 cm³/mol. The van der Waals surface area contributed by atoms with E-state index in [0.717, 1.165) is 16.8 Å². The molecular weight excluding hydrogens is 346 g/mol. The molecule has 2 N–H and O–H groups in total. The Morgan fingerprint density at radius 2 is 1.81 bits per heavy atom. The maximum Gasteiger partial charge on any atom is 0.295 e. The number of nitro groups is 1. The van der Waals surface area contributed by atoms with Gasteiger partial charge in [0, 0.05) is 11.6 Å². The van der Waals surface area contributed by atoms with Crippen LogP contribution in [-0.4, -0.2) is 16.2 Å². The number of rotatable bonds is 4. The molecule has 0 spiro atoms. The van der Waals surface area contributed by atoms with Crippen LogP contribution in [0.2, 0.25) is 0 Å². The summed E-state index contributed by atoms with van der Waals surface area (Å²) in [4.78, 5) is 10.6. The van der Waals surface area contributed by atoms with Crippen LogP contribution in [0.1, 0.15) is 16.7 Å². The van der Waals surface area contributed by atoms with E-state index in [-0.39, 0.29) is 28.3 Å². The van der Waals surface area contributed by atoms with Gasteiger partial charge in [0.1, 0.15) is 23.6 Å². The number of nitriles is 2. The number of phenolic OH excluding ortho intramolecular Hbond substituents is 1. The first-order valence-corrected chi connectivity index (χ1v) is 7.67. The third kappa shape index (κ3) is 3.36. The lowest BCUT2D eigenvalue weighted by Crippen LogP contribution is -2.00. The minimum absolute atomic E-state index is 0.00573. The van der Waals surface area contributed by atoms with Crippen molar-refractivity contribution in [3.8, 4) is 17.9 Å². The Hall–Kier alpha value is -4.43. The molecule has 0 aliphatic carbocycles. The smallest absolute Gasteiger partial charge is 0.295 e. The average Bonchev–Trinajstić information content (AvgIpc) is 2.68. The fourth-order valence-corrected chi connectivity index (χ4v) is 2.60. The van der Waals surface area contributed by atoms with Crippen LogP contribution in [0.15, 0.2) is 53.6 Å². The summed E-state index contributed by atoms with van der Waals surface area (Å²) in [5.41, 5.74) is 2.44. The molecule has 130 valence electrons. The number of hydrogen-bond donors (Lipinski definition) is 2. The fourth-order valence-electron chi connectivity index (χ4n) is 2.60. The molecule has 0 fully saturated rings. The summed E-state index contributed by atoms with van der Waals surface area (Å²) < 4.78 is 0. The topological polar surface area (TPSA) is 135 Å². The lowest BCUT2D eigenvalue weighted by Gasteiger charge is -2.06. The molecule has 0 saturated heterocycles. The number of nitrogens with one attached hydrogen (secondary N) is 1. The van der Waals surface area contributed by atoms with Crippen molar-refractivity contribution in [1.29, 1.82) is 10.5 Å². The maximum absolute atomic E-state index is 11.2. The number of aromatic hydroxyl groups is 1. The second-order valence-corrected chi connectivity index (χ2v) is 5.49. The van der Waals surface area contributed by atoms with Gasteiger partial charge in [0.2, 0.25) is 0 Å². The SMILES string of the molecule is N#Cc1cc(NN=Cc2c(O)ccc3ccccc23)c([N+](=O)[O-])cc1C#N. The van der Waals surface area contributed by atoms with Gasteiger partial charge < -0.3 is 5.11 Å². The number of nitrogens with zero attached hydrogens (tertiary/aromatic N) is 4. The van der Waals surface area contributed by atoms with Gasteiger partial charge in [0.05, 0.1) is 22.3 Å². The zero-order valence-electron chi connectivity index (χ0n) is 13.7. The van der Waals surface area contributed by atoms with Crippen LogP contribution in [0.4, 0.5) is 11.4 Å². The first-order valence-electron chi connectivity index (χ1n) is 7.67. The molecule has 0 saturated carbocycles. The molecule has 0 radical (unpaired) electrons. The summed E-state index contributed by atoms with van der Waals surface area (Å²) in [6.07, 6.45) is 1.34. The van der Waals surface area contributed by atoms with E-state index in [2.05, 4.69) is 10.5 Å². The van der Waals surface area contributed by atoms with E-state index in [4.69, 9.17) is 10.5 Å². The van der Waals surface area contributed by atoms with E-state index in [9.17, 15) is 15.2 Å². The summed E-state index contributed by atoms with van der Waals surface area (Å²) in [6, 6.07) is 16.4. The lowest BCUT2D eigenvalue weighted by molar-refractivity contribution is -0.384. The summed E-state index contributed by atoms with van der Waals surface area (Å²) in [6.45, 7) is 0. The molecule has 0 aliphatic heterocycles. The van der Waals surface area contributed by atoms with E-state index in [1.807, 2.05) is 30.3 Å². The first kappa shape index (κ1) is 17.4. The Labute approximate surface area is 153 Å². The summed E-state index contributed by atoms with van der Waals surface area (Å²) >= 11 is 0. The second-order valence-electron chi connectivity index (χ2n) is 5.49. The quantitative estimate of drug-likeness (QED) is 0.415. The van der Waals surface area contributed by atoms with Crippen molar-refractivity contribution in [2.75, 3.05) is 5.43 Å². The first-order chi connectivity index (χ1) is 13.0. The molecular formula is C19H11N5O3. The van der Waals surface area contributed by atoms with Crippen molar-refractivity contribution in [3.05, 3.63) is 75.3 Å². The predicted octanol–water partition coefficient (Wildman–Crippen LogP) is 3.64. The van der Waals surface area contributed by atoms with Gasteiger partial charge in [-0.3, -0.25) is 15.5 Å². The number of hydrogen-bond acceptors (Lipinski definition) is 7. The van der Waals surface area contributed by atoms with Crippen LogP contribution in [0.3, 0.4) is 0 Å². The number of nitro benzene ring substituents is 1. The van der Waals surface area contributed by atoms with Crippen LogP contribution in [0, 0.1) is 32.8 Å². The Morgan fingerprint density at radius 1 is 1.11 bits per heavy atom. The van der Waals surface area contributed by atoms with E-state index >= 15 is 0 Å². The largest absolute Gasteiger partial charge is 0.507 e. The monoisotopic (exact) mass is 357 g/mol. The Kier molecular flexibility index (Phi) is 4.65. The van der Waals surface area contributed by atoms with Crippen LogP contribution >= 0.6 is 0 Å². The van der Waals surface area contributed by atoms with Gasteiger partial charge in [-0.25, -0.2) is 0 Å². The number of benzene rings is 3. The highest BCUT2D eigenvalue weighted by Crippen LogP contribution is 2.29. The van der Waals surface area contributed by atoms with Crippen molar-refractivity contribution in [3.63, 3.8) is 0 Å². The molecule has 0 amide bonds. The minimum Gasteiger partial charge on any atom is -0.507 e. The molecule has 0 atom stereocenters. The third-order valence-corrected chi connectivity index (χ3v) is 3.90. The van der Waals surface area contributed by atoms with E-state index in [1.165, 1.54) is 18.3 Å². The van der Waals surface area contributed by atoms with Gasteiger partial charge in [-0.2, -0.15) is 15.6 Å². The van der Waals surface area contributed by atoms with Gasteiger partial charge >= 0.3 is 0 Å². The van der Waals surface area contributed by atoms with Crippen molar-refractivity contribution >= 4 is 28.4 Å². The van der Waals surface area contributed by atoms with Gasteiger partial charge in [-0.05, 0) is 22.9 Å². The number of hydrazone groups is 1. The Bertz CT molecular complexity index is 1170. The molecule has 3 aromatic rings. The van der Waals surface area contributed by atoms with Crippen molar-refractivity contribution in [2.24, 2.45) is 5.10 Å². The summed E-state index contributed by atoms with van der Waals surface area (Å²) in [5.74, 6) is 0.00583. The highest BCUT2D eigenvalue weighted by Gasteiger charge is 2.18. The van der Waals surface area contributed by atoms with Gasteiger partial charge in [-0.1, -0.05) is 30.3 Å². The highest BCUT2D eigenvalue weighted by molar-refractivity contribution is 6.02. The molecule has 27 heavy (non-hydrogen) atoms. The zero-order chi connectivity index (χ0) is 19.4. The van der Waals surface area contributed by atoms with Crippen molar-refractivity contribution < 1.29 is 10.0 Å². The Morgan fingerprint density at radius 3 is 2.52 bits per heavy atom. The fraction of sp³-hybridized carbons (Fsp3) is 0. The Balaban J connectivity index is 2.01. The van der Waals surface area contributed by atoms with Crippen LogP contribution in [-0.2, 0) is 0 Å². The van der Waals surface area contributed by atoms with Gasteiger partial charge in [0.15, 0.2) is 0 Å². The maximum atomic E-state index is 11.2.